The molecule has 1 unspecified atom stereocenters. The number of nitrogens with two attached hydrogens (primary N) is 1. The summed E-state index contributed by atoms with van der Waals surface area (Å²) in [5.41, 5.74) is 5.10. The number of carbonyl (C=O) groups excluding carboxylic acids is 1. The van der Waals surface area contributed by atoms with Gasteiger partial charge in [-0.3, -0.25) is 0 Å². The molecule has 0 aromatic heterocycles. The Hall–Kier alpha value is -1.76. The van der Waals surface area contributed by atoms with E-state index in [1.165, 1.54) is 12.1 Å². The summed E-state index contributed by atoms with van der Waals surface area (Å²) in [4.78, 5) is 11.6. The molecule has 1 saturated carbocycles. The average Bonchev–Trinajstić information content (AvgIpc) is 3.19. The van der Waals surface area contributed by atoms with Crippen molar-refractivity contribution < 1.29 is 18.0 Å². The number of rotatable bonds is 4. The number of nitrogens with one attached hydrogen (secondary N) is 2. The predicted octanol–water partition coefficient (Wildman–Crippen LogP) is 2.56. The summed E-state index contributed by atoms with van der Waals surface area (Å²) >= 11 is 0. The molecular formula is C13H16F3N3O. The van der Waals surface area contributed by atoms with Gasteiger partial charge in [0.25, 0.3) is 0 Å². The van der Waals surface area contributed by atoms with Crippen LogP contribution in [0.5, 0.6) is 0 Å². The van der Waals surface area contributed by atoms with Crippen LogP contribution in [0.25, 0.3) is 0 Å². The highest BCUT2D eigenvalue weighted by molar-refractivity contribution is 5.89. The van der Waals surface area contributed by atoms with Crippen LogP contribution in [0.2, 0.25) is 0 Å². The fraction of sp³-hybridized carbons (Fsp3) is 0.462. The smallest absolute Gasteiger partial charge is 0.336 e. The number of hydrogen-bond donors (Lipinski definition) is 3. The molecule has 2 rings (SSSR count). The molecule has 0 saturated heterocycles. The molecule has 20 heavy (non-hydrogen) atoms. The van der Waals surface area contributed by atoms with Gasteiger partial charge in [0.2, 0.25) is 0 Å². The van der Waals surface area contributed by atoms with Crippen LogP contribution in [0, 0.1) is 5.92 Å². The van der Waals surface area contributed by atoms with Crippen LogP contribution in [-0.2, 0) is 6.18 Å². The molecule has 0 radical (unpaired) electrons. The molecular weight excluding hydrogens is 271 g/mol. The summed E-state index contributed by atoms with van der Waals surface area (Å²) in [6.45, 7) is 0.315. The number of benzene rings is 1. The van der Waals surface area contributed by atoms with E-state index >= 15 is 0 Å². The minimum Gasteiger partial charge on any atom is -0.336 e. The molecule has 0 bridgehead atoms. The van der Waals surface area contributed by atoms with Gasteiger partial charge in [0.05, 0.1) is 5.56 Å². The Bertz CT molecular complexity index is 486. The Balaban J connectivity index is 1.87. The lowest BCUT2D eigenvalue weighted by Gasteiger charge is -2.13. The van der Waals surface area contributed by atoms with Crippen LogP contribution >= 0.6 is 0 Å². The van der Waals surface area contributed by atoms with E-state index in [1.54, 1.807) is 0 Å². The number of alkyl halides is 3. The average molecular weight is 287 g/mol. The van der Waals surface area contributed by atoms with Crippen molar-refractivity contribution in [2.45, 2.75) is 25.1 Å². The van der Waals surface area contributed by atoms with Gasteiger partial charge < -0.3 is 16.4 Å². The molecule has 1 atom stereocenters. The summed E-state index contributed by atoms with van der Waals surface area (Å²) in [6, 6.07) is 3.83. The molecule has 1 fully saturated rings. The van der Waals surface area contributed by atoms with E-state index in [1.807, 2.05) is 0 Å². The molecule has 7 heteroatoms. The molecule has 0 aliphatic heterocycles. The summed E-state index contributed by atoms with van der Waals surface area (Å²) < 4.78 is 37.5. The van der Waals surface area contributed by atoms with Gasteiger partial charge in [0.15, 0.2) is 0 Å². The SMILES string of the molecule is NC(CNC(=O)Nc1cccc(C(F)(F)F)c1)C1CC1. The molecule has 1 aliphatic carbocycles. The van der Waals surface area contributed by atoms with Gasteiger partial charge in [-0.25, -0.2) is 4.79 Å². The first-order chi connectivity index (χ1) is 9.36. The Labute approximate surface area is 114 Å². The maximum atomic E-state index is 12.5. The quantitative estimate of drug-likeness (QED) is 0.796. The maximum absolute atomic E-state index is 12.5. The third-order valence-electron chi connectivity index (χ3n) is 3.17. The highest BCUT2D eigenvalue weighted by Crippen LogP contribution is 2.31. The maximum Gasteiger partial charge on any atom is 0.416 e. The van der Waals surface area contributed by atoms with Gasteiger partial charge in [-0.15, -0.1) is 0 Å². The van der Waals surface area contributed by atoms with Gasteiger partial charge in [-0.2, -0.15) is 13.2 Å². The minimum absolute atomic E-state index is 0.0947. The van der Waals surface area contributed by atoms with Crippen LogP contribution in [0.3, 0.4) is 0 Å². The first kappa shape index (κ1) is 14.6. The predicted molar refractivity (Wildman–Crippen MR) is 69.2 cm³/mol. The number of halogens is 3. The number of hydrogen-bond acceptors (Lipinski definition) is 2. The third kappa shape index (κ3) is 4.12. The zero-order valence-electron chi connectivity index (χ0n) is 10.7. The first-order valence-electron chi connectivity index (χ1n) is 6.34. The van der Waals surface area contributed by atoms with Crippen molar-refractivity contribution in [2.75, 3.05) is 11.9 Å². The molecule has 4 nitrogen and oxygen atoms in total. The molecule has 0 heterocycles. The fourth-order valence-electron chi connectivity index (χ4n) is 1.85. The summed E-state index contributed by atoms with van der Waals surface area (Å²) in [5, 5.41) is 4.92. The standard InChI is InChI=1S/C13H16F3N3O/c14-13(15,16)9-2-1-3-10(6-9)19-12(20)18-7-11(17)8-4-5-8/h1-3,6,8,11H,4-5,7,17H2,(H2,18,19,20). The zero-order chi connectivity index (χ0) is 14.8. The monoisotopic (exact) mass is 287 g/mol. The van der Waals surface area contributed by atoms with Gasteiger partial charge in [-0.05, 0) is 37.0 Å². The lowest BCUT2D eigenvalue weighted by atomic mass is 10.2. The molecule has 0 spiro atoms. The Kier molecular flexibility index (Phi) is 4.17. The molecule has 4 N–H and O–H groups in total. The topological polar surface area (TPSA) is 67.1 Å². The largest absolute Gasteiger partial charge is 0.416 e. The summed E-state index contributed by atoms with van der Waals surface area (Å²) in [5.74, 6) is 0.448. The number of carbonyl (C=O) groups is 1. The van der Waals surface area contributed by atoms with Crippen molar-refractivity contribution in [3.8, 4) is 0 Å². The fourth-order valence-corrected chi connectivity index (χ4v) is 1.85. The van der Waals surface area contributed by atoms with Crippen LogP contribution in [0.4, 0.5) is 23.7 Å². The minimum atomic E-state index is -4.43. The van der Waals surface area contributed by atoms with Crippen molar-refractivity contribution in [3.05, 3.63) is 29.8 Å². The van der Waals surface area contributed by atoms with E-state index in [4.69, 9.17) is 5.73 Å². The van der Waals surface area contributed by atoms with Gasteiger partial charge in [0, 0.05) is 18.3 Å². The van der Waals surface area contributed by atoms with Crippen LogP contribution in [0.15, 0.2) is 24.3 Å². The van der Waals surface area contributed by atoms with Crippen molar-refractivity contribution in [2.24, 2.45) is 11.7 Å². The second kappa shape index (κ2) is 5.70. The second-order valence-electron chi connectivity index (χ2n) is 4.91. The van der Waals surface area contributed by atoms with Gasteiger partial charge in [-0.1, -0.05) is 6.07 Å². The van der Waals surface area contributed by atoms with Crippen LogP contribution < -0.4 is 16.4 Å². The van der Waals surface area contributed by atoms with E-state index in [2.05, 4.69) is 10.6 Å². The summed E-state index contributed by atoms with van der Waals surface area (Å²) in [7, 11) is 0. The number of amides is 2. The van der Waals surface area contributed by atoms with Crippen molar-refractivity contribution in [1.82, 2.24) is 5.32 Å². The normalized spacial score (nSPS) is 16.6. The van der Waals surface area contributed by atoms with Gasteiger partial charge >= 0.3 is 12.2 Å². The third-order valence-corrected chi connectivity index (χ3v) is 3.17. The van der Waals surface area contributed by atoms with E-state index in [0.717, 1.165) is 25.0 Å². The Morgan fingerprint density at radius 2 is 2.10 bits per heavy atom. The zero-order valence-corrected chi connectivity index (χ0v) is 10.7. The van der Waals surface area contributed by atoms with E-state index < -0.39 is 17.8 Å². The number of urea groups is 1. The lowest BCUT2D eigenvalue weighted by Crippen LogP contribution is -2.40. The van der Waals surface area contributed by atoms with E-state index in [0.29, 0.717) is 12.5 Å². The molecule has 110 valence electrons. The van der Waals surface area contributed by atoms with Gasteiger partial charge in [0.1, 0.15) is 0 Å². The van der Waals surface area contributed by atoms with Crippen molar-refractivity contribution >= 4 is 11.7 Å². The second-order valence-corrected chi connectivity index (χ2v) is 4.91. The highest BCUT2D eigenvalue weighted by atomic mass is 19.4. The van der Waals surface area contributed by atoms with E-state index in [-0.39, 0.29) is 11.7 Å². The van der Waals surface area contributed by atoms with Crippen LogP contribution in [0.1, 0.15) is 18.4 Å². The number of anilines is 1. The Morgan fingerprint density at radius 1 is 1.40 bits per heavy atom. The molecule has 1 aromatic rings. The van der Waals surface area contributed by atoms with E-state index in [9.17, 15) is 18.0 Å². The lowest BCUT2D eigenvalue weighted by molar-refractivity contribution is -0.137. The Morgan fingerprint density at radius 3 is 2.70 bits per heavy atom. The molecule has 2 amide bonds. The summed E-state index contributed by atoms with van der Waals surface area (Å²) in [6.07, 6.45) is -2.29. The van der Waals surface area contributed by atoms with Crippen LogP contribution in [-0.4, -0.2) is 18.6 Å². The highest BCUT2D eigenvalue weighted by Gasteiger charge is 2.30. The van der Waals surface area contributed by atoms with Crippen molar-refractivity contribution in [3.63, 3.8) is 0 Å². The molecule has 1 aromatic carbocycles. The molecule has 1 aliphatic rings. The first-order valence-corrected chi connectivity index (χ1v) is 6.34. The van der Waals surface area contributed by atoms with Crippen molar-refractivity contribution in [1.29, 1.82) is 0 Å².